The summed E-state index contributed by atoms with van der Waals surface area (Å²) >= 11 is 6.28. The SMILES string of the molecule is Cc1ccc(NC(=O)[C@H](COCCO)Oc2nc(-c3cccc(Cl)c3C)nc3[nH]ncc23)nc1. The zero-order chi connectivity index (χ0) is 24.1. The quantitative estimate of drug-likeness (QED) is 0.310. The zero-order valence-electron chi connectivity index (χ0n) is 18.6. The van der Waals surface area contributed by atoms with E-state index in [-0.39, 0.29) is 25.7 Å². The molecule has 0 radical (unpaired) electrons. The fourth-order valence-corrected chi connectivity index (χ4v) is 3.34. The number of H-pyrrole nitrogens is 1. The highest BCUT2D eigenvalue weighted by Gasteiger charge is 2.25. The number of aryl methyl sites for hydroxylation is 1. The Bertz CT molecular complexity index is 1290. The molecule has 0 aliphatic heterocycles. The molecule has 34 heavy (non-hydrogen) atoms. The molecule has 3 heterocycles. The van der Waals surface area contributed by atoms with Gasteiger partial charge in [-0.05, 0) is 37.1 Å². The van der Waals surface area contributed by atoms with E-state index in [2.05, 4.69) is 30.5 Å². The Morgan fingerprint density at radius 2 is 2.06 bits per heavy atom. The molecule has 10 nitrogen and oxygen atoms in total. The molecule has 0 bridgehead atoms. The molecule has 0 spiro atoms. The fraction of sp³-hybridized carbons (Fsp3) is 0.261. The summed E-state index contributed by atoms with van der Waals surface area (Å²) in [6, 6.07) is 8.96. The van der Waals surface area contributed by atoms with E-state index >= 15 is 0 Å². The van der Waals surface area contributed by atoms with Gasteiger partial charge in [0.05, 0.1) is 26.0 Å². The number of ether oxygens (including phenoxy) is 2. The summed E-state index contributed by atoms with van der Waals surface area (Å²) in [5.74, 6) is 0.405. The van der Waals surface area contributed by atoms with Crippen LogP contribution < -0.4 is 10.1 Å². The van der Waals surface area contributed by atoms with Gasteiger partial charge in [-0.25, -0.2) is 9.97 Å². The van der Waals surface area contributed by atoms with Gasteiger partial charge in [0.1, 0.15) is 11.2 Å². The lowest BCUT2D eigenvalue weighted by Gasteiger charge is -2.19. The molecule has 0 saturated carbocycles. The topological polar surface area (TPSA) is 135 Å². The smallest absolute Gasteiger partial charge is 0.269 e. The first-order valence-electron chi connectivity index (χ1n) is 10.5. The number of aliphatic hydroxyl groups is 1. The first kappa shape index (κ1) is 23.6. The Balaban J connectivity index is 1.67. The van der Waals surface area contributed by atoms with E-state index in [0.717, 1.165) is 16.7 Å². The third-order valence-electron chi connectivity index (χ3n) is 5.00. The van der Waals surface area contributed by atoms with Crippen molar-refractivity contribution in [2.75, 3.05) is 25.1 Å². The van der Waals surface area contributed by atoms with Crippen LogP contribution in [-0.4, -0.2) is 62.1 Å². The highest BCUT2D eigenvalue weighted by atomic mass is 35.5. The van der Waals surface area contributed by atoms with Crippen molar-refractivity contribution in [2.45, 2.75) is 20.0 Å². The Morgan fingerprint density at radius 1 is 1.21 bits per heavy atom. The number of pyridine rings is 1. The molecule has 0 unspecified atom stereocenters. The first-order chi connectivity index (χ1) is 16.5. The van der Waals surface area contributed by atoms with Gasteiger partial charge in [-0.2, -0.15) is 10.1 Å². The maximum Gasteiger partial charge on any atom is 0.269 e. The van der Waals surface area contributed by atoms with Crippen LogP contribution in [0.3, 0.4) is 0 Å². The number of aromatic nitrogens is 5. The van der Waals surface area contributed by atoms with Crippen molar-refractivity contribution in [3.8, 4) is 17.3 Å². The minimum atomic E-state index is -1.09. The number of aromatic amines is 1. The molecule has 3 N–H and O–H groups in total. The van der Waals surface area contributed by atoms with E-state index in [9.17, 15) is 4.79 Å². The third-order valence-corrected chi connectivity index (χ3v) is 5.41. The van der Waals surface area contributed by atoms with Crippen molar-refractivity contribution >= 4 is 34.4 Å². The summed E-state index contributed by atoms with van der Waals surface area (Å²) in [5.41, 5.74) is 2.93. The molecule has 1 atom stereocenters. The molecule has 1 aromatic carbocycles. The van der Waals surface area contributed by atoms with Crippen LogP contribution in [-0.2, 0) is 9.53 Å². The number of amides is 1. The van der Waals surface area contributed by atoms with Crippen LogP contribution in [0, 0.1) is 13.8 Å². The van der Waals surface area contributed by atoms with E-state index < -0.39 is 12.0 Å². The van der Waals surface area contributed by atoms with E-state index in [4.69, 9.17) is 26.2 Å². The average molecular weight is 483 g/mol. The number of hydrogen-bond acceptors (Lipinski definition) is 8. The monoisotopic (exact) mass is 482 g/mol. The van der Waals surface area contributed by atoms with Crippen LogP contribution in [0.2, 0.25) is 5.02 Å². The highest BCUT2D eigenvalue weighted by molar-refractivity contribution is 6.31. The maximum atomic E-state index is 13.0. The number of nitrogens with one attached hydrogen (secondary N) is 2. The van der Waals surface area contributed by atoms with Crippen LogP contribution in [0.15, 0.2) is 42.7 Å². The molecule has 0 aliphatic rings. The lowest BCUT2D eigenvalue weighted by molar-refractivity contribution is -0.125. The zero-order valence-corrected chi connectivity index (χ0v) is 19.3. The number of nitrogens with zero attached hydrogens (tertiary/aromatic N) is 4. The number of benzene rings is 1. The van der Waals surface area contributed by atoms with Gasteiger partial charge in [0, 0.05) is 16.8 Å². The molecular weight excluding hydrogens is 460 g/mol. The van der Waals surface area contributed by atoms with Crippen molar-refractivity contribution in [3.63, 3.8) is 0 Å². The minimum absolute atomic E-state index is 0.0494. The predicted octanol–water partition coefficient (Wildman–Crippen LogP) is 3.08. The van der Waals surface area contributed by atoms with Crippen LogP contribution in [0.5, 0.6) is 5.88 Å². The van der Waals surface area contributed by atoms with Crippen molar-refractivity contribution in [1.82, 2.24) is 25.1 Å². The molecular formula is C23H23ClN6O4. The molecule has 11 heteroatoms. The Morgan fingerprint density at radius 3 is 2.82 bits per heavy atom. The number of rotatable bonds is 9. The lowest BCUT2D eigenvalue weighted by Crippen LogP contribution is -2.37. The molecule has 0 fully saturated rings. The van der Waals surface area contributed by atoms with E-state index in [1.54, 1.807) is 24.4 Å². The second kappa shape index (κ2) is 10.6. The van der Waals surface area contributed by atoms with Gasteiger partial charge in [-0.15, -0.1) is 0 Å². The van der Waals surface area contributed by atoms with Crippen molar-refractivity contribution < 1.29 is 19.4 Å². The lowest BCUT2D eigenvalue weighted by atomic mass is 10.1. The van der Waals surface area contributed by atoms with Gasteiger partial charge < -0.3 is 19.9 Å². The second-order valence-electron chi connectivity index (χ2n) is 7.51. The molecule has 4 rings (SSSR count). The molecule has 176 valence electrons. The van der Waals surface area contributed by atoms with Crippen molar-refractivity contribution in [3.05, 3.63) is 58.9 Å². The summed E-state index contributed by atoms with van der Waals surface area (Å²) in [6.45, 7) is 3.51. The Kier molecular flexibility index (Phi) is 7.31. The predicted molar refractivity (Wildman–Crippen MR) is 127 cm³/mol. The van der Waals surface area contributed by atoms with Gasteiger partial charge in [-0.3, -0.25) is 9.89 Å². The van der Waals surface area contributed by atoms with Crippen molar-refractivity contribution in [1.29, 1.82) is 0 Å². The fourth-order valence-electron chi connectivity index (χ4n) is 3.17. The summed E-state index contributed by atoms with van der Waals surface area (Å²) in [4.78, 5) is 26.3. The van der Waals surface area contributed by atoms with Gasteiger partial charge in [-0.1, -0.05) is 29.8 Å². The third kappa shape index (κ3) is 5.30. The Labute approximate surface area is 200 Å². The number of fused-ring (bicyclic) bond motifs is 1. The number of hydrogen-bond donors (Lipinski definition) is 3. The van der Waals surface area contributed by atoms with Crippen LogP contribution in [0.4, 0.5) is 5.82 Å². The van der Waals surface area contributed by atoms with Gasteiger partial charge in [0.2, 0.25) is 12.0 Å². The van der Waals surface area contributed by atoms with E-state index in [1.165, 1.54) is 6.20 Å². The van der Waals surface area contributed by atoms with Crippen LogP contribution in [0.25, 0.3) is 22.4 Å². The van der Waals surface area contributed by atoms with E-state index in [0.29, 0.717) is 27.7 Å². The average Bonchev–Trinajstić information content (AvgIpc) is 3.31. The maximum absolute atomic E-state index is 13.0. The highest BCUT2D eigenvalue weighted by Crippen LogP contribution is 2.30. The molecule has 3 aromatic heterocycles. The number of carbonyl (C=O) groups is 1. The Hall–Kier alpha value is -3.60. The largest absolute Gasteiger partial charge is 0.461 e. The summed E-state index contributed by atoms with van der Waals surface area (Å²) in [5, 5.41) is 19.7. The van der Waals surface area contributed by atoms with E-state index in [1.807, 2.05) is 26.0 Å². The molecule has 1 amide bonds. The minimum Gasteiger partial charge on any atom is -0.461 e. The summed E-state index contributed by atoms with van der Waals surface area (Å²) in [7, 11) is 0. The molecule has 0 saturated heterocycles. The normalized spacial score (nSPS) is 12.0. The standard InChI is InChI=1S/C23H23ClN6O4/c1-13-6-7-19(25-10-13)27-22(32)18(12-33-9-8-31)34-23-16-11-26-30-21(16)28-20(29-23)15-4-3-5-17(24)14(15)2/h3-7,10-11,18,31H,8-9,12H2,1-2H3,(H,25,27,32)(H,26,28,29,30)/t18-/m0/s1. The summed E-state index contributed by atoms with van der Waals surface area (Å²) < 4.78 is 11.4. The summed E-state index contributed by atoms with van der Waals surface area (Å²) in [6.07, 6.45) is 2.08. The number of halogens is 1. The molecule has 4 aromatic rings. The van der Waals surface area contributed by atoms with Crippen molar-refractivity contribution in [2.24, 2.45) is 0 Å². The van der Waals surface area contributed by atoms with Gasteiger partial charge in [0.25, 0.3) is 5.91 Å². The van der Waals surface area contributed by atoms with Crippen LogP contribution >= 0.6 is 11.6 Å². The van der Waals surface area contributed by atoms with Gasteiger partial charge >= 0.3 is 0 Å². The van der Waals surface area contributed by atoms with Gasteiger partial charge in [0.15, 0.2) is 11.5 Å². The second-order valence-corrected chi connectivity index (χ2v) is 7.92. The first-order valence-corrected chi connectivity index (χ1v) is 10.9. The van der Waals surface area contributed by atoms with Crippen LogP contribution in [0.1, 0.15) is 11.1 Å². The number of anilines is 1. The molecule has 0 aliphatic carbocycles. The number of aliphatic hydroxyl groups excluding tert-OH is 1. The number of carbonyl (C=O) groups excluding carboxylic acids is 1.